The molecule has 1 fully saturated rings. The molecule has 3 rings (SSSR count). The van der Waals surface area contributed by atoms with Crippen molar-refractivity contribution in [3.63, 3.8) is 0 Å². The first-order chi connectivity index (χ1) is 10.5. The van der Waals surface area contributed by atoms with Gasteiger partial charge in [-0.2, -0.15) is 0 Å². The molecule has 0 heterocycles. The van der Waals surface area contributed by atoms with E-state index in [4.69, 9.17) is 0 Å². The molecule has 120 valence electrons. The highest BCUT2D eigenvalue weighted by Gasteiger charge is 2.25. The number of allylic oxidation sites excluding steroid dienone is 2. The standard InChI is InChI=1S/C18H23FO2S/c1-22(20,21)18-11-10-14(12-17(18)19)16-9-5-8-15(16)13-6-3-2-4-7-13/h10-13H,2-9H2,1H3. The van der Waals surface area contributed by atoms with Gasteiger partial charge in [-0.05, 0) is 61.3 Å². The van der Waals surface area contributed by atoms with Crippen LogP contribution in [0.4, 0.5) is 4.39 Å². The highest BCUT2D eigenvalue weighted by molar-refractivity contribution is 7.90. The van der Waals surface area contributed by atoms with Crippen LogP contribution < -0.4 is 0 Å². The van der Waals surface area contributed by atoms with Crippen LogP contribution in [0.25, 0.3) is 5.57 Å². The third-order valence-corrected chi connectivity index (χ3v) is 6.17. The second-order valence-electron chi connectivity index (χ2n) is 6.61. The van der Waals surface area contributed by atoms with Crippen LogP contribution in [0.5, 0.6) is 0 Å². The Morgan fingerprint density at radius 2 is 1.77 bits per heavy atom. The van der Waals surface area contributed by atoms with E-state index in [0.29, 0.717) is 5.92 Å². The van der Waals surface area contributed by atoms with E-state index in [1.165, 1.54) is 55.4 Å². The Bertz CT molecular complexity index is 698. The summed E-state index contributed by atoms with van der Waals surface area (Å²) in [5.41, 5.74) is 3.65. The second kappa shape index (κ2) is 6.15. The van der Waals surface area contributed by atoms with Crippen molar-refractivity contribution in [1.29, 1.82) is 0 Å². The average molecular weight is 322 g/mol. The highest BCUT2D eigenvalue weighted by Crippen LogP contribution is 2.43. The molecule has 0 aromatic heterocycles. The van der Waals surface area contributed by atoms with Gasteiger partial charge < -0.3 is 0 Å². The lowest BCUT2D eigenvalue weighted by molar-refractivity contribution is 0.398. The Morgan fingerprint density at radius 1 is 1.05 bits per heavy atom. The van der Waals surface area contributed by atoms with Gasteiger partial charge in [-0.1, -0.05) is 30.9 Å². The second-order valence-corrected chi connectivity index (χ2v) is 8.59. The molecule has 0 amide bonds. The van der Waals surface area contributed by atoms with Crippen LogP contribution in [0.15, 0.2) is 28.7 Å². The van der Waals surface area contributed by atoms with Gasteiger partial charge in [0.25, 0.3) is 0 Å². The predicted molar refractivity (Wildman–Crippen MR) is 86.9 cm³/mol. The number of sulfone groups is 1. The molecular formula is C18H23FO2S. The van der Waals surface area contributed by atoms with E-state index in [2.05, 4.69) is 0 Å². The molecule has 2 nitrogen and oxygen atoms in total. The summed E-state index contributed by atoms with van der Waals surface area (Å²) in [7, 11) is -3.50. The Balaban J connectivity index is 1.97. The quantitative estimate of drug-likeness (QED) is 0.805. The fourth-order valence-corrected chi connectivity index (χ4v) is 4.72. The normalized spacial score (nSPS) is 20.6. The number of hydrogen-bond donors (Lipinski definition) is 0. The van der Waals surface area contributed by atoms with Crippen molar-refractivity contribution in [1.82, 2.24) is 0 Å². The first kappa shape index (κ1) is 15.7. The molecule has 2 aliphatic carbocycles. The van der Waals surface area contributed by atoms with Crippen LogP contribution >= 0.6 is 0 Å². The van der Waals surface area contributed by atoms with Gasteiger partial charge in [0.1, 0.15) is 10.7 Å². The minimum atomic E-state index is -3.50. The summed E-state index contributed by atoms with van der Waals surface area (Å²) < 4.78 is 37.3. The van der Waals surface area contributed by atoms with Gasteiger partial charge >= 0.3 is 0 Å². The molecule has 0 bridgehead atoms. The van der Waals surface area contributed by atoms with Gasteiger partial charge in [-0.15, -0.1) is 0 Å². The molecule has 1 saturated carbocycles. The van der Waals surface area contributed by atoms with Gasteiger partial charge in [0.15, 0.2) is 9.84 Å². The Kier molecular flexibility index (Phi) is 4.40. The van der Waals surface area contributed by atoms with Gasteiger partial charge in [0.2, 0.25) is 0 Å². The Hall–Kier alpha value is -1.16. The van der Waals surface area contributed by atoms with Crippen molar-refractivity contribution < 1.29 is 12.8 Å². The fourth-order valence-electron chi connectivity index (χ4n) is 3.99. The van der Waals surface area contributed by atoms with Gasteiger partial charge in [0.05, 0.1) is 0 Å². The lowest BCUT2D eigenvalue weighted by Gasteiger charge is -2.24. The minimum absolute atomic E-state index is 0.200. The summed E-state index contributed by atoms with van der Waals surface area (Å²) in [6.07, 6.45) is 10.7. The molecule has 22 heavy (non-hydrogen) atoms. The third kappa shape index (κ3) is 3.12. The maximum Gasteiger partial charge on any atom is 0.178 e. The summed E-state index contributed by atoms with van der Waals surface area (Å²) in [6.45, 7) is 0. The molecule has 0 spiro atoms. The SMILES string of the molecule is CS(=O)(=O)c1ccc(C2=C(C3CCCCC3)CCC2)cc1F. The molecule has 0 saturated heterocycles. The van der Waals surface area contributed by atoms with E-state index in [1.54, 1.807) is 6.07 Å². The van der Waals surface area contributed by atoms with Crippen molar-refractivity contribution in [3.8, 4) is 0 Å². The van der Waals surface area contributed by atoms with E-state index in [1.807, 2.05) is 0 Å². The van der Waals surface area contributed by atoms with Crippen LogP contribution in [0.3, 0.4) is 0 Å². The van der Waals surface area contributed by atoms with Crippen LogP contribution in [0.1, 0.15) is 56.9 Å². The third-order valence-electron chi connectivity index (χ3n) is 5.04. The monoisotopic (exact) mass is 322 g/mol. The number of hydrogen-bond acceptors (Lipinski definition) is 2. The lowest BCUT2D eigenvalue weighted by atomic mass is 9.81. The summed E-state index contributed by atoms with van der Waals surface area (Å²) in [6, 6.07) is 4.62. The van der Waals surface area contributed by atoms with E-state index in [0.717, 1.165) is 31.1 Å². The smallest absolute Gasteiger partial charge is 0.178 e. The van der Waals surface area contributed by atoms with Crippen molar-refractivity contribution in [2.75, 3.05) is 6.26 Å². The van der Waals surface area contributed by atoms with Crippen molar-refractivity contribution in [2.24, 2.45) is 5.92 Å². The molecule has 1 aromatic carbocycles. The molecule has 0 N–H and O–H groups in total. The molecule has 4 heteroatoms. The first-order valence-corrected chi connectivity index (χ1v) is 10.1. The van der Waals surface area contributed by atoms with E-state index in [-0.39, 0.29) is 4.90 Å². The largest absolute Gasteiger partial charge is 0.224 e. The number of benzene rings is 1. The Labute approximate surface area is 132 Å². The van der Waals surface area contributed by atoms with E-state index >= 15 is 0 Å². The molecule has 0 aliphatic heterocycles. The molecular weight excluding hydrogens is 299 g/mol. The van der Waals surface area contributed by atoms with E-state index < -0.39 is 15.7 Å². The first-order valence-electron chi connectivity index (χ1n) is 8.19. The van der Waals surface area contributed by atoms with Gasteiger partial charge in [0, 0.05) is 6.26 Å². The fraction of sp³-hybridized carbons (Fsp3) is 0.556. The molecule has 1 aromatic rings. The molecule has 2 aliphatic rings. The summed E-state index contributed by atoms with van der Waals surface area (Å²) in [5.74, 6) is 0.0336. The zero-order valence-corrected chi connectivity index (χ0v) is 13.9. The molecule has 0 unspecified atom stereocenters. The minimum Gasteiger partial charge on any atom is -0.224 e. The maximum absolute atomic E-state index is 14.2. The zero-order chi connectivity index (χ0) is 15.7. The van der Waals surface area contributed by atoms with Crippen LogP contribution in [0, 0.1) is 11.7 Å². The number of halogens is 1. The van der Waals surface area contributed by atoms with Crippen LogP contribution in [0.2, 0.25) is 0 Å². The van der Waals surface area contributed by atoms with Crippen molar-refractivity contribution >= 4 is 15.4 Å². The molecule has 0 radical (unpaired) electrons. The van der Waals surface area contributed by atoms with Crippen LogP contribution in [-0.4, -0.2) is 14.7 Å². The van der Waals surface area contributed by atoms with Gasteiger partial charge in [-0.25, -0.2) is 12.8 Å². The maximum atomic E-state index is 14.2. The summed E-state index contributed by atoms with van der Waals surface area (Å²) in [4.78, 5) is -0.200. The topological polar surface area (TPSA) is 34.1 Å². The van der Waals surface area contributed by atoms with Crippen molar-refractivity contribution in [2.45, 2.75) is 56.3 Å². The van der Waals surface area contributed by atoms with Gasteiger partial charge in [-0.3, -0.25) is 0 Å². The highest BCUT2D eigenvalue weighted by atomic mass is 32.2. The Morgan fingerprint density at radius 3 is 2.41 bits per heavy atom. The number of rotatable bonds is 3. The van der Waals surface area contributed by atoms with E-state index in [9.17, 15) is 12.8 Å². The molecule has 0 atom stereocenters. The van der Waals surface area contributed by atoms with Crippen molar-refractivity contribution in [3.05, 3.63) is 35.2 Å². The lowest BCUT2D eigenvalue weighted by Crippen LogP contribution is -2.09. The predicted octanol–water partition coefficient (Wildman–Crippen LogP) is 4.75. The average Bonchev–Trinajstić information content (AvgIpc) is 2.96. The summed E-state index contributed by atoms with van der Waals surface area (Å²) >= 11 is 0. The zero-order valence-electron chi connectivity index (χ0n) is 13.1. The van der Waals surface area contributed by atoms with Crippen LogP contribution in [-0.2, 0) is 9.84 Å². The summed E-state index contributed by atoms with van der Waals surface area (Å²) in [5, 5.41) is 0.